The highest BCUT2D eigenvalue weighted by atomic mass is 19.1. The lowest BCUT2D eigenvalue weighted by molar-refractivity contribution is -0.224. The molecule has 6 heteroatoms. The Morgan fingerprint density at radius 3 is 2.68 bits per heavy atom. The molecule has 2 heterocycles. The van der Waals surface area contributed by atoms with Crippen LogP contribution in [0.2, 0.25) is 0 Å². The number of piperidine rings is 1. The second-order valence-electron chi connectivity index (χ2n) is 12.4. The third kappa shape index (κ3) is 2.90. The Morgan fingerprint density at radius 1 is 1.24 bits per heavy atom. The van der Waals surface area contributed by atoms with Crippen LogP contribution in [0, 0.1) is 22.6 Å². The summed E-state index contributed by atoms with van der Waals surface area (Å²) in [6.45, 7) is 8.60. The predicted octanol–water partition coefficient (Wildman–Crippen LogP) is 4.90. The maximum atomic E-state index is 13.8. The summed E-state index contributed by atoms with van der Waals surface area (Å²) in [4.78, 5) is 2.67. The quantitative estimate of drug-likeness (QED) is 0.547. The van der Waals surface area contributed by atoms with E-state index in [4.69, 9.17) is 9.47 Å². The monoisotopic (exact) mass is 505 g/mol. The summed E-state index contributed by atoms with van der Waals surface area (Å²) in [5.41, 5.74) is 1.50. The van der Waals surface area contributed by atoms with Gasteiger partial charge in [0, 0.05) is 36.1 Å². The minimum atomic E-state index is -0.896. The molecule has 2 N–H and O–H groups in total. The van der Waals surface area contributed by atoms with Gasteiger partial charge in [-0.3, -0.25) is 4.90 Å². The van der Waals surface area contributed by atoms with E-state index in [1.807, 2.05) is 0 Å². The zero-order chi connectivity index (χ0) is 25.7. The fourth-order valence-corrected chi connectivity index (χ4v) is 8.96. The standard InChI is InChI=1S/C31H36FNO4/c1-4-30-17-29(2,26(35)19-7-10-21(32)11-8-19)27(36-3)28-31(30)13-14-33(16-18-5-6-18)23(30)15-20-9-12-22(34)25(37-28)24(20)31/h4,7-12,18,23,26-28,34-35H,1,5-6,13-17H2,2-3H3/t23-,26+,27?,28+,29+,30-,31+/m0/s1. The number of phenolic OH excluding ortho intramolecular Hbond substituents is 1. The lowest BCUT2D eigenvalue weighted by atomic mass is 9.39. The van der Waals surface area contributed by atoms with Crippen LogP contribution in [-0.4, -0.2) is 53.6 Å². The van der Waals surface area contributed by atoms with Crippen LogP contribution >= 0.6 is 0 Å². The first-order valence-electron chi connectivity index (χ1n) is 13.6. The summed E-state index contributed by atoms with van der Waals surface area (Å²) in [6.07, 6.45) is 5.40. The highest BCUT2D eigenvalue weighted by molar-refractivity contribution is 5.63. The number of ether oxygens (including phenoxy) is 2. The Labute approximate surface area is 217 Å². The van der Waals surface area contributed by atoms with Gasteiger partial charge in [0.1, 0.15) is 18.0 Å². The van der Waals surface area contributed by atoms with Gasteiger partial charge in [-0.15, -0.1) is 6.58 Å². The van der Waals surface area contributed by atoms with Crippen LogP contribution in [0.1, 0.15) is 55.4 Å². The number of likely N-dealkylation sites (tertiary alicyclic amines) is 1. The average molecular weight is 506 g/mol. The van der Waals surface area contributed by atoms with Gasteiger partial charge in [-0.2, -0.15) is 0 Å². The molecule has 0 aromatic heterocycles. The largest absolute Gasteiger partial charge is 0.504 e. The van der Waals surface area contributed by atoms with E-state index in [2.05, 4.69) is 30.5 Å². The second kappa shape index (κ2) is 7.81. The molecule has 196 valence electrons. The molecule has 3 aliphatic carbocycles. The summed E-state index contributed by atoms with van der Waals surface area (Å²) in [7, 11) is 1.69. The zero-order valence-corrected chi connectivity index (χ0v) is 21.6. The number of aliphatic hydroxyl groups is 1. The molecule has 1 spiro atoms. The maximum absolute atomic E-state index is 13.8. The summed E-state index contributed by atoms with van der Waals surface area (Å²) < 4.78 is 26.8. The number of methoxy groups -OCH3 is 1. The Hall–Kier alpha value is -2.41. The van der Waals surface area contributed by atoms with E-state index >= 15 is 0 Å². The summed E-state index contributed by atoms with van der Waals surface area (Å²) in [6, 6.07) is 10.2. The third-order valence-electron chi connectivity index (χ3n) is 10.7. The summed E-state index contributed by atoms with van der Waals surface area (Å²) in [5, 5.41) is 22.9. The first kappa shape index (κ1) is 23.7. The predicted molar refractivity (Wildman–Crippen MR) is 138 cm³/mol. The molecule has 2 saturated carbocycles. The van der Waals surface area contributed by atoms with E-state index in [1.54, 1.807) is 25.3 Å². The van der Waals surface area contributed by atoms with Crippen LogP contribution in [0.5, 0.6) is 11.5 Å². The number of rotatable bonds is 6. The van der Waals surface area contributed by atoms with Crippen molar-refractivity contribution in [2.75, 3.05) is 20.2 Å². The zero-order valence-electron chi connectivity index (χ0n) is 21.6. The van der Waals surface area contributed by atoms with Gasteiger partial charge in [-0.1, -0.05) is 31.2 Å². The van der Waals surface area contributed by atoms with Crippen LogP contribution in [0.25, 0.3) is 0 Å². The molecule has 5 aliphatic rings. The lowest BCUT2D eigenvalue weighted by Gasteiger charge is -2.69. The Bertz CT molecular complexity index is 1260. The lowest BCUT2D eigenvalue weighted by Crippen LogP contribution is -2.76. The fourth-order valence-electron chi connectivity index (χ4n) is 8.96. The van der Waals surface area contributed by atoms with Gasteiger partial charge < -0.3 is 19.7 Å². The molecule has 1 saturated heterocycles. The number of phenols is 1. The van der Waals surface area contributed by atoms with Crippen LogP contribution in [-0.2, 0) is 16.6 Å². The first-order valence-corrected chi connectivity index (χ1v) is 13.6. The third-order valence-corrected chi connectivity index (χ3v) is 10.7. The number of aromatic hydroxyl groups is 1. The topological polar surface area (TPSA) is 62.2 Å². The number of hydrogen-bond donors (Lipinski definition) is 2. The van der Waals surface area contributed by atoms with Crippen molar-refractivity contribution in [2.24, 2.45) is 16.7 Å². The van der Waals surface area contributed by atoms with Crippen LogP contribution < -0.4 is 4.74 Å². The van der Waals surface area contributed by atoms with E-state index in [9.17, 15) is 14.6 Å². The van der Waals surface area contributed by atoms with Gasteiger partial charge >= 0.3 is 0 Å². The number of hydrogen-bond acceptors (Lipinski definition) is 5. The maximum Gasteiger partial charge on any atom is 0.165 e. The highest BCUT2D eigenvalue weighted by Crippen LogP contribution is 2.73. The molecule has 7 atom stereocenters. The molecule has 1 unspecified atom stereocenters. The fraction of sp³-hybridized carbons (Fsp3) is 0.548. The van der Waals surface area contributed by atoms with Crippen molar-refractivity contribution in [2.45, 2.75) is 68.8 Å². The van der Waals surface area contributed by atoms with Crippen molar-refractivity contribution in [3.63, 3.8) is 0 Å². The number of nitrogens with zero attached hydrogens (tertiary/aromatic N) is 1. The molecule has 3 fully saturated rings. The van der Waals surface area contributed by atoms with Gasteiger partial charge in [0.2, 0.25) is 0 Å². The molecule has 7 rings (SSSR count). The molecule has 0 amide bonds. The van der Waals surface area contributed by atoms with Gasteiger partial charge in [-0.05, 0) is 73.9 Å². The molecule has 37 heavy (non-hydrogen) atoms. The molecular formula is C31H36FNO4. The number of aliphatic hydroxyl groups excluding tert-OH is 1. The Kier molecular flexibility index (Phi) is 5.00. The van der Waals surface area contributed by atoms with E-state index < -0.39 is 29.1 Å². The Balaban J connectivity index is 1.44. The first-order chi connectivity index (χ1) is 17.8. The molecule has 2 aliphatic heterocycles. The van der Waals surface area contributed by atoms with Crippen LogP contribution in [0.15, 0.2) is 49.1 Å². The summed E-state index contributed by atoms with van der Waals surface area (Å²) >= 11 is 0. The van der Waals surface area contributed by atoms with Gasteiger partial charge in [0.25, 0.3) is 0 Å². The van der Waals surface area contributed by atoms with Crippen molar-refractivity contribution in [1.82, 2.24) is 4.90 Å². The molecular weight excluding hydrogens is 469 g/mol. The van der Waals surface area contributed by atoms with Crippen molar-refractivity contribution < 1.29 is 24.1 Å². The summed E-state index contributed by atoms with van der Waals surface area (Å²) in [5.74, 6) is 1.17. The van der Waals surface area contributed by atoms with E-state index in [1.165, 1.54) is 30.5 Å². The minimum Gasteiger partial charge on any atom is -0.504 e. The molecule has 2 aromatic rings. The normalized spacial score (nSPS) is 38.5. The molecule has 2 aromatic carbocycles. The van der Waals surface area contributed by atoms with Gasteiger partial charge in [-0.25, -0.2) is 4.39 Å². The molecule has 0 radical (unpaired) electrons. The molecule has 2 bridgehead atoms. The van der Waals surface area contributed by atoms with E-state index in [0.29, 0.717) is 17.7 Å². The van der Waals surface area contributed by atoms with Crippen molar-refractivity contribution >= 4 is 0 Å². The SMILES string of the molecule is C=C[C@@]12C[C@](C)([C@H](O)c3ccc(F)cc3)C(OC)[C@H]3Oc4c(O)ccc5c4[C@]31CCN(CC1CC1)[C@H]2C5. The number of halogens is 1. The smallest absolute Gasteiger partial charge is 0.165 e. The van der Waals surface area contributed by atoms with Crippen LogP contribution in [0.4, 0.5) is 4.39 Å². The van der Waals surface area contributed by atoms with E-state index in [-0.39, 0.29) is 23.0 Å². The minimum absolute atomic E-state index is 0.162. The van der Waals surface area contributed by atoms with Gasteiger partial charge in [0.05, 0.1) is 11.5 Å². The molecule has 5 nitrogen and oxygen atoms in total. The average Bonchev–Trinajstić information content (AvgIpc) is 3.64. The Morgan fingerprint density at radius 2 is 2.00 bits per heavy atom. The van der Waals surface area contributed by atoms with Crippen LogP contribution in [0.3, 0.4) is 0 Å². The number of benzene rings is 2. The van der Waals surface area contributed by atoms with Crippen molar-refractivity contribution in [3.05, 3.63) is 71.6 Å². The van der Waals surface area contributed by atoms with E-state index in [0.717, 1.165) is 37.4 Å². The van der Waals surface area contributed by atoms with Crippen molar-refractivity contribution in [1.29, 1.82) is 0 Å². The van der Waals surface area contributed by atoms with Crippen molar-refractivity contribution in [3.8, 4) is 11.5 Å². The van der Waals surface area contributed by atoms with Gasteiger partial charge in [0.15, 0.2) is 11.5 Å². The second-order valence-corrected chi connectivity index (χ2v) is 12.4. The highest BCUT2D eigenvalue weighted by Gasteiger charge is 2.76.